The number of aliphatic carboxylic acids is 1. The predicted molar refractivity (Wildman–Crippen MR) is 107 cm³/mol. The van der Waals surface area contributed by atoms with Crippen LogP contribution >= 0.6 is 11.8 Å². The molecule has 1 N–H and O–H groups in total. The summed E-state index contributed by atoms with van der Waals surface area (Å²) in [5, 5.41) is 10.5. The third-order valence-corrected chi connectivity index (χ3v) is 5.81. The summed E-state index contributed by atoms with van der Waals surface area (Å²) >= 11 is 1.55. The molecule has 0 bridgehead atoms. The van der Waals surface area contributed by atoms with Gasteiger partial charge in [-0.2, -0.15) is 0 Å². The Morgan fingerprint density at radius 1 is 1.22 bits per heavy atom. The van der Waals surface area contributed by atoms with Gasteiger partial charge >= 0.3 is 5.97 Å². The Balaban J connectivity index is 2.05. The number of aryl methyl sites for hydroxylation is 1. The molecule has 1 heterocycles. The highest BCUT2D eigenvalue weighted by molar-refractivity contribution is 8.03. The molecule has 0 aliphatic carbocycles. The van der Waals surface area contributed by atoms with E-state index in [4.69, 9.17) is 0 Å². The van der Waals surface area contributed by atoms with Crippen molar-refractivity contribution in [2.45, 2.75) is 45.3 Å². The van der Waals surface area contributed by atoms with Crippen LogP contribution in [0.1, 0.15) is 39.2 Å². The van der Waals surface area contributed by atoms with Gasteiger partial charge in [0.1, 0.15) is 0 Å². The fraction of sp³-hybridized carbons (Fsp3) is 0.476. The number of carboxylic acids is 1. The Morgan fingerprint density at radius 2 is 1.96 bits per heavy atom. The largest absolute Gasteiger partial charge is 0.478 e. The number of thioether (sulfide) groups is 1. The van der Waals surface area contributed by atoms with Gasteiger partial charge in [0.05, 0.1) is 10.6 Å². The number of hydrogen-bond donors (Lipinski definition) is 1. The molecule has 0 radical (unpaired) electrons. The lowest BCUT2D eigenvalue weighted by Gasteiger charge is -2.31. The van der Waals surface area contributed by atoms with Gasteiger partial charge in [0.2, 0.25) is 0 Å². The summed E-state index contributed by atoms with van der Waals surface area (Å²) in [5.74, 6) is -2.05. The van der Waals surface area contributed by atoms with Crippen LogP contribution in [0.15, 0.2) is 41.0 Å². The number of carbonyl (C=O) groups is 1. The summed E-state index contributed by atoms with van der Waals surface area (Å²) in [5.41, 5.74) is 1.07. The van der Waals surface area contributed by atoms with Crippen molar-refractivity contribution in [1.82, 2.24) is 4.90 Å². The molecule has 0 spiro atoms. The van der Waals surface area contributed by atoms with Crippen LogP contribution in [0, 0.1) is 17.6 Å². The summed E-state index contributed by atoms with van der Waals surface area (Å²) in [6.07, 6.45) is 5.92. The maximum Gasteiger partial charge on any atom is 0.338 e. The Bertz CT molecular complexity index is 731. The van der Waals surface area contributed by atoms with E-state index < -0.39 is 17.6 Å². The topological polar surface area (TPSA) is 40.5 Å². The normalized spacial score (nSPS) is 15.6. The van der Waals surface area contributed by atoms with Gasteiger partial charge < -0.3 is 10.0 Å². The first-order chi connectivity index (χ1) is 12.8. The summed E-state index contributed by atoms with van der Waals surface area (Å²) in [6, 6.07) is 3.97. The van der Waals surface area contributed by atoms with Crippen molar-refractivity contribution in [3.63, 3.8) is 0 Å². The van der Waals surface area contributed by atoms with Crippen molar-refractivity contribution < 1.29 is 18.7 Å². The molecule has 0 saturated carbocycles. The molecule has 1 aromatic rings. The molecular formula is C21H27F2NO2S. The predicted octanol–water partition coefficient (Wildman–Crippen LogP) is 5.23. The molecule has 1 aliphatic heterocycles. The van der Waals surface area contributed by atoms with Gasteiger partial charge in [0, 0.05) is 18.3 Å². The number of hydrogen-bond acceptors (Lipinski definition) is 3. The molecule has 27 heavy (non-hydrogen) atoms. The molecule has 1 aromatic carbocycles. The Hall–Kier alpha value is -1.82. The van der Waals surface area contributed by atoms with E-state index in [-0.39, 0.29) is 5.25 Å². The van der Waals surface area contributed by atoms with Crippen molar-refractivity contribution in [2.75, 3.05) is 13.1 Å². The molecule has 0 fully saturated rings. The highest BCUT2D eigenvalue weighted by Crippen LogP contribution is 2.33. The monoisotopic (exact) mass is 395 g/mol. The molecule has 2 rings (SSSR count). The second kappa shape index (κ2) is 9.93. The standard InChI is InChI=1S/C21H27F2NO2S/c1-14(2)10-12-24-11-4-5-17(21(25)26)20(24)27-15(3)6-7-16-8-9-18(22)19(23)13-16/h4-5,8-9,13-15H,6-7,10-12H2,1-3H3,(H,25,26). The van der Waals surface area contributed by atoms with Crippen molar-refractivity contribution >= 4 is 17.7 Å². The van der Waals surface area contributed by atoms with Gasteiger partial charge in [-0.05, 0) is 49.0 Å². The van der Waals surface area contributed by atoms with Crippen molar-refractivity contribution in [1.29, 1.82) is 0 Å². The minimum Gasteiger partial charge on any atom is -0.478 e. The molecule has 0 saturated heterocycles. The van der Waals surface area contributed by atoms with Crippen LogP contribution in [0.3, 0.4) is 0 Å². The van der Waals surface area contributed by atoms with Gasteiger partial charge in [-0.15, -0.1) is 11.8 Å². The van der Waals surface area contributed by atoms with Gasteiger partial charge in [-0.1, -0.05) is 32.9 Å². The average molecular weight is 396 g/mol. The first-order valence-electron chi connectivity index (χ1n) is 9.27. The summed E-state index contributed by atoms with van der Waals surface area (Å²) in [7, 11) is 0. The van der Waals surface area contributed by atoms with E-state index in [1.165, 1.54) is 6.07 Å². The third kappa shape index (κ3) is 6.38. The lowest BCUT2D eigenvalue weighted by molar-refractivity contribution is -0.132. The van der Waals surface area contributed by atoms with E-state index >= 15 is 0 Å². The number of rotatable bonds is 9. The van der Waals surface area contributed by atoms with Crippen LogP contribution in [0.4, 0.5) is 8.78 Å². The Labute approximate surface area is 164 Å². The van der Waals surface area contributed by atoms with E-state index in [2.05, 4.69) is 18.7 Å². The first-order valence-corrected chi connectivity index (χ1v) is 10.2. The zero-order valence-corrected chi connectivity index (χ0v) is 16.9. The van der Waals surface area contributed by atoms with E-state index in [0.29, 0.717) is 24.5 Å². The summed E-state index contributed by atoms with van der Waals surface area (Å²) in [6.45, 7) is 7.87. The quantitative estimate of drug-likeness (QED) is 0.621. The highest BCUT2D eigenvalue weighted by Gasteiger charge is 2.23. The molecule has 1 atom stereocenters. The average Bonchev–Trinajstić information content (AvgIpc) is 2.61. The number of benzene rings is 1. The van der Waals surface area contributed by atoms with Crippen LogP contribution in [0.25, 0.3) is 0 Å². The van der Waals surface area contributed by atoms with Crippen LogP contribution < -0.4 is 0 Å². The maximum atomic E-state index is 13.4. The molecule has 6 heteroatoms. The van der Waals surface area contributed by atoms with Gasteiger partial charge in [0.25, 0.3) is 0 Å². The lowest BCUT2D eigenvalue weighted by Crippen LogP contribution is -2.29. The van der Waals surface area contributed by atoms with Gasteiger partial charge in [0.15, 0.2) is 11.6 Å². The van der Waals surface area contributed by atoms with Crippen molar-refractivity contribution in [3.8, 4) is 0 Å². The van der Waals surface area contributed by atoms with Crippen molar-refractivity contribution in [3.05, 3.63) is 58.2 Å². The zero-order chi connectivity index (χ0) is 20.0. The first kappa shape index (κ1) is 21.5. The number of nitrogens with zero attached hydrogens (tertiary/aromatic N) is 1. The van der Waals surface area contributed by atoms with Gasteiger partial charge in [-0.25, -0.2) is 13.6 Å². The van der Waals surface area contributed by atoms with Crippen LogP contribution in [-0.2, 0) is 11.2 Å². The summed E-state index contributed by atoms with van der Waals surface area (Å²) in [4.78, 5) is 13.8. The second-order valence-corrected chi connectivity index (χ2v) is 8.70. The molecular weight excluding hydrogens is 368 g/mol. The fourth-order valence-electron chi connectivity index (χ4n) is 2.84. The van der Waals surface area contributed by atoms with Crippen LogP contribution in [0.2, 0.25) is 0 Å². The summed E-state index contributed by atoms with van der Waals surface area (Å²) < 4.78 is 26.4. The smallest absolute Gasteiger partial charge is 0.338 e. The number of carboxylic acid groups (broad SMARTS) is 1. The lowest BCUT2D eigenvalue weighted by atomic mass is 10.1. The van der Waals surface area contributed by atoms with Crippen LogP contribution in [-0.4, -0.2) is 34.3 Å². The molecule has 1 unspecified atom stereocenters. The molecule has 3 nitrogen and oxygen atoms in total. The van der Waals surface area contributed by atoms with Gasteiger partial charge in [-0.3, -0.25) is 0 Å². The van der Waals surface area contributed by atoms with E-state index in [0.717, 1.165) is 36.0 Å². The molecule has 148 valence electrons. The Kier molecular flexibility index (Phi) is 7.90. The van der Waals surface area contributed by atoms with Crippen LogP contribution in [0.5, 0.6) is 0 Å². The molecule has 0 aromatic heterocycles. The maximum absolute atomic E-state index is 13.4. The van der Waals surface area contributed by atoms with E-state index in [9.17, 15) is 18.7 Å². The van der Waals surface area contributed by atoms with Crippen molar-refractivity contribution in [2.24, 2.45) is 5.92 Å². The Morgan fingerprint density at radius 3 is 2.59 bits per heavy atom. The molecule has 0 amide bonds. The van der Waals surface area contributed by atoms with E-state index in [1.807, 2.05) is 13.0 Å². The highest BCUT2D eigenvalue weighted by atomic mass is 32.2. The SMILES string of the molecule is CC(C)CCN1CC=CC(C(=O)O)=C1SC(C)CCc1ccc(F)c(F)c1. The minimum absolute atomic E-state index is 0.149. The third-order valence-electron chi connectivity index (χ3n) is 4.47. The minimum atomic E-state index is -0.921. The zero-order valence-electron chi connectivity index (χ0n) is 16.0. The molecule has 1 aliphatic rings. The second-order valence-electron chi connectivity index (χ2n) is 7.27. The fourth-order valence-corrected chi connectivity index (χ4v) is 4.06. The van der Waals surface area contributed by atoms with E-state index in [1.54, 1.807) is 23.9 Å². The number of halogens is 2.